The molecule has 25 N–H and O–H groups in total. The predicted molar refractivity (Wildman–Crippen MR) is 406 cm³/mol. The van der Waals surface area contributed by atoms with E-state index < -0.39 is 199 Å². The average Bonchev–Trinajstić information content (AvgIpc) is 1.75. The molecule has 0 spiro atoms. The molecule has 1 saturated heterocycles. The van der Waals surface area contributed by atoms with Gasteiger partial charge >= 0.3 is 5.97 Å². The number of amides is 14. The van der Waals surface area contributed by atoms with Crippen molar-refractivity contribution in [3.63, 3.8) is 0 Å². The maximum Gasteiger partial charge on any atom is 0.326 e. The second kappa shape index (κ2) is 49.9. The van der Waals surface area contributed by atoms with E-state index in [0.29, 0.717) is 55.7 Å². The molecule has 1 fully saturated rings. The number of aliphatic carboxylic acids is 1. The van der Waals surface area contributed by atoms with Crippen molar-refractivity contribution in [1.29, 1.82) is 0 Å². The molecule has 610 valence electrons. The highest BCUT2D eigenvalue weighted by Crippen LogP contribution is 2.21. The van der Waals surface area contributed by atoms with Crippen molar-refractivity contribution in [2.45, 2.75) is 228 Å². The number of benzene rings is 1. The van der Waals surface area contributed by atoms with Gasteiger partial charge in [0.2, 0.25) is 82.7 Å². The third kappa shape index (κ3) is 34.2. The van der Waals surface area contributed by atoms with Crippen molar-refractivity contribution in [3.8, 4) is 0 Å². The number of carboxylic acids is 1. The third-order valence-electron chi connectivity index (χ3n) is 17.6. The Morgan fingerprint density at radius 3 is 1.43 bits per heavy atom. The molecule has 0 bridgehead atoms. The summed E-state index contributed by atoms with van der Waals surface area (Å²) < 4.78 is 0. The van der Waals surface area contributed by atoms with Gasteiger partial charge in [0.05, 0.1) is 31.5 Å². The molecule has 39 heteroatoms. The molecule has 14 atom stereocenters. The maximum atomic E-state index is 14.6. The highest BCUT2D eigenvalue weighted by molar-refractivity contribution is 7.98. The zero-order valence-electron chi connectivity index (χ0n) is 63.1. The van der Waals surface area contributed by atoms with Crippen LogP contribution in [0.4, 0.5) is 0 Å². The quantitative estimate of drug-likeness (QED) is 0.0277. The van der Waals surface area contributed by atoms with Gasteiger partial charge in [-0.2, -0.15) is 23.5 Å². The number of unbranched alkanes of at least 4 members (excludes halogenated alkanes) is 2. The number of imidazole rings is 1. The predicted octanol–water partition coefficient (Wildman–Crippen LogP) is -4.70. The van der Waals surface area contributed by atoms with Crippen LogP contribution in [-0.4, -0.2) is 254 Å². The lowest BCUT2D eigenvalue weighted by Gasteiger charge is -2.29. The lowest BCUT2D eigenvalue weighted by Crippen LogP contribution is -2.62. The second-order valence-electron chi connectivity index (χ2n) is 27.7. The van der Waals surface area contributed by atoms with Crippen molar-refractivity contribution in [3.05, 3.63) is 54.1 Å². The van der Waals surface area contributed by atoms with Crippen LogP contribution in [0.25, 0.3) is 0 Å². The first-order valence-electron chi connectivity index (χ1n) is 36.6. The van der Waals surface area contributed by atoms with E-state index in [1.165, 1.54) is 40.9 Å². The number of thioether (sulfide) groups is 2. The first-order valence-corrected chi connectivity index (χ1v) is 39.3. The van der Waals surface area contributed by atoms with E-state index in [1.807, 2.05) is 0 Å². The van der Waals surface area contributed by atoms with E-state index in [2.05, 4.69) is 68.5 Å². The van der Waals surface area contributed by atoms with Crippen molar-refractivity contribution >= 4 is 112 Å². The van der Waals surface area contributed by atoms with E-state index in [1.54, 1.807) is 70.5 Å². The summed E-state index contributed by atoms with van der Waals surface area (Å²) in [5.41, 5.74) is 29.8. The molecule has 0 aliphatic carbocycles. The Hall–Kier alpha value is -9.02. The third-order valence-corrected chi connectivity index (χ3v) is 18.9. The number of carboxylic acid groups (broad SMARTS) is 1. The van der Waals surface area contributed by atoms with Crippen LogP contribution < -0.4 is 87.2 Å². The largest absolute Gasteiger partial charge is 0.480 e. The van der Waals surface area contributed by atoms with Crippen LogP contribution in [0.5, 0.6) is 0 Å². The Kier molecular flexibility index (Phi) is 43.1. The zero-order chi connectivity index (χ0) is 81.4. The Morgan fingerprint density at radius 2 is 0.982 bits per heavy atom. The summed E-state index contributed by atoms with van der Waals surface area (Å²) in [5.74, 6) is -14.6. The first-order chi connectivity index (χ1) is 51.7. The lowest BCUT2D eigenvalue weighted by atomic mass is 9.99. The fourth-order valence-electron chi connectivity index (χ4n) is 11.7. The van der Waals surface area contributed by atoms with Crippen LogP contribution in [0, 0.1) is 11.8 Å². The fraction of sp³-hybridized carbons (Fsp3) is 0.657. The molecule has 0 saturated carbocycles. The molecule has 1 aromatic carbocycles. The normalized spacial score (nSPS) is 16.3. The average molecular weight is 1570 g/mol. The summed E-state index contributed by atoms with van der Waals surface area (Å²) in [6, 6.07) is -10.4. The van der Waals surface area contributed by atoms with Crippen molar-refractivity contribution in [2.75, 3.05) is 50.3 Å². The maximum absolute atomic E-state index is 14.6. The number of hydrogen-bond donors (Lipinski definition) is 20. The number of carbonyl (C=O) groups excluding carboxylic acids is 14. The number of rotatable bonds is 53. The molecule has 2 heterocycles. The van der Waals surface area contributed by atoms with Gasteiger partial charge in [0.1, 0.15) is 72.5 Å². The van der Waals surface area contributed by atoms with Crippen molar-refractivity contribution < 1.29 is 87.2 Å². The molecule has 0 radical (unpaired) electrons. The number of aromatic nitrogens is 2. The summed E-state index contributed by atoms with van der Waals surface area (Å²) >= 11 is 2.61. The molecule has 109 heavy (non-hydrogen) atoms. The van der Waals surface area contributed by atoms with E-state index in [-0.39, 0.29) is 88.5 Å². The van der Waals surface area contributed by atoms with E-state index in [9.17, 15) is 87.2 Å². The Labute approximate surface area is 643 Å². The monoisotopic (exact) mass is 1570 g/mol. The van der Waals surface area contributed by atoms with Crippen molar-refractivity contribution in [1.82, 2.24) is 73.4 Å². The number of nitrogens with one attached hydrogen (secondary N) is 12. The van der Waals surface area contributed by atoms with Gasteiger partial charge in [-0.25, -0.2) is 9.78 Å². The SMILES string of the molecule is CSCC[C@H](NC(=O)[C@H](CC(C)C)NC(=O)[C@H](CCSC)NC(=O)[C@H](CCC(N)=O)NC(=O)[C@H](CC(N)=O)NC(=O)[C@@H](NC(=O)[C@H](CO)NC(=O)[C@@H]1CCCN1C(=O)[C@@H](N)Cc1cnc[nH]1)[C@@H](C)O)C(=O)N[C@@H](CCCCN)C(=O)N[C@@H](CC(C)C)C(=O)N[C@@H](Cc1ccccc1)C(=O)N[C@@H](CCCCN)C(=O)O. The van der Waals surface area contributed by atoms with Gasteiger partial charge in [-0.3, -0.25) is 67.1 Å². The molecule has 3 rings (SSSR count). The number of primary amides is 2. The summed E-state index contributed by atoms with van der Waals surface area (Å²) in [4.78, 5) is 215. The minimum absolute atomic E-state index is 0.00711. The zero-order valence-corrected chi connectivity index (χ0v) is 64.7. The van der Waals surface area contributed by atoms with Crippen LogP contribution in [0.15, 0.2) is 42.9 Å². The van der Waals surface area contributed by atoms with Gasteiger partial charge in [-0.15, -0.1) is 0 Å². The summed E-state index contributed by atoms with van der Waals surface area (Å²) in [5, 5.41) is 58.9. The number of aromatic amines is 1. The van der Waals surface area contributed by atoms with Gasteiger partial charge < -0.3 is 112 Å². The Bertz CT molecular complexity index is 3300. The van der Waals surface area contributed by atoms with Gasteiger partial charge in [-0.1, -0.05) is 58.0 Å². The number of aliphatic hydroxyl groups is 2. The standard InChI is InChI=1S/C70H115N19O18S2/c1-38(2)30-49(62(98)81-46(23-28-108-6)60(96)78-44(18-11-13-25-71)58(94)83-50(31-39(3)4)63(99)85-51(32-41-16-9-8-10-17-41)64(100)82-48(70(106)107)19-12-14-26-72)84-61(97)47(24-29-109-7)80-59(95)45(21-22-55(74)92)79-65(101)52(34-56(75)93)86-68(104)57(40(5)91)88-66(102)53(36-90)87-67(103)54-20-15-27-89(54)69(105)43(73)33-42-35-76-37-77-42/h8-10,16-17,35,37-40,43-54,57,90-91H,11-15,18-34,36,71-73H2,1-7H3,(H2,74,92)(H2,75,93)(H,76,77)(H,78,96)(H,79,101)(H,80,95)(H,81,98)(H,82,100)(H,83,94)(H,84,97)(H,85,99)(H,86,104)(H,87,103)(H,88,102)(H,106,107)/t40-,43+,44+,45+,46+,47+,48+,49+,50+,51+,52+,53+,54+,57+/m1/s1. The molecule has 0 unspecified atom stereocenters. The summed E-state index contributed by atoms with van der Waals surface area (Å²) in [6.07, 6.45) is 4.83. The number of likely N-dealkylation sites (tertiary alicyclic amines) is 1. The number of carbonyl (C=O) groups is 15. The fourth-order valence-corrected chi connectivity index (χ4v) is 12.7. The van der Waals surface area contributed by atoms with Crippen molar-refractivity contribution in [2.24, 2.45) is 40.5 Å². The van der Waals surface area contributed by atoms with Crippen LogP contribution in [0.2, 0.25) is 0 Å². The van der Waals surface area contributed by atoms with Crippen LogP contribution in [0.3, 0.4) is 0 Å². The molecule has 1 aliphatic heterocycles. The van der Waals surface area contributed by atoms with Crippen LogP contribution >= 0.6 is 23.5 Å². The highest BCUT2D eigenvalue weighted by Gasteiger charge is 2.41. The van der Waals surface area contributed by atoms with Gasteiger partial charge in [-0.05, 0) is 145 Å². The minimum Gasteiger partial charge on any atom is -0.480 e. The van der Waals surface area contributed by atoms with E-state index >= 15 is 0 Å². The Morgan fingerprint density at radius 1 is 0.541 bits per heavy atom. The molecule has 1 aliphatic rings. The number of hydrogen-bond acceptors (Lipinski definition) is 23. The van der Waals surface area contributed by atoms with Crippen LogP contribution in [0.1, 0.15) is 142 Å². The molecular weight excluding hydrogens is 1460 g/mol. The molecule has 37 nitrogen and oxygen atoms in total. The van der Waals surface area contributed by atoms with Gasteiger partial charge in [0, 0.05) is 37.7 Å². The molecule has 14 amide bonds. The van der Waals surface area contributed by atoms with Gasteiger partial charge in [0.25, 0.3) is 0 Å². The highest BCUT2D eigenvalue weighted by atomic mass is 32.2. The first kappa shape index (κ1) is 94.2. The molecular formula is C70H115N19O18S2. The lowest BCUT2D eigenvalue weighted by molar-refractivity contribution is -0.142. The van der Waals surface area contributed by atoms with E-state index in [4.69, 9.17) is 28.7 Å². The Balaban J connectivity index is 1.88. The number of nitrogens with two attached hydrogens (primary N) is 5. The number of H-pyrrole nitrogens is 1. The van der Waals surface area contributed by atoms with Crippen LogP contribution in [-0.2, 0) is 84.8 Å². The summed E-state index contributed by atoms with van der Waals surface area (Å²) in [6.45, 7) is 7.82. The topological polar surface area (TPSA) is 611 Å². The number of aliphatic hydroxyl groups excluding tert-OH is 2. The molecule has 1 aromatic heterocycles. The molecule has 2 aromatic rings. The number of nitrogens with zero attached hydrogens (tertiary/aromatic N) is 2. The summed E-state index contributed by atoms with van der Waals surface area (Å²) in [7, 11) is 0. The smallest absolute Gasteiger partial charge is 0.326 e. The van der Waals surface area contributed by atoms with E-state index in [0.717, 1.165) is 6.92 Å². The van der Waals surface area contributed by atoms with Gasteiger partial charge in [0.15, 0.2) is 0 Å². The minimum atomic E-state index is -1.97. The second-order valence-corrected chi connectivity index (χ2v) is 29.7.